The Labute approximate surface area is 228 Å². The Hall–Kier alpha value is -5.05. The lowest BCUT2D eigenvalue weighted by Gasteiger charge is -2.21. The molecule has 4 aromatic heterocycles. The van der Waals surface area contributed by atoms with E-state index >= 15 is 0 Å². The highest BCUT2D eigenvalue weighted by Gasteiger charge is 2.33. The number of carbonyl (C=O) groups is 1. The van der Waals surface area contributed by atoms with Crippen LogP contribution in [0.25, 0.3) is 50.0 Å². The fourth-order valence-electron chi connectivity index (χ4n) is 5.48. The van der Waals surface area contributed by atoms with Gasteiger partial charge in [0.05, 0.1) is 16.3 Å². The Morgan fingerprint density at radius 2 is 1.88 bits per heavy atom. The van der Waals surface area contributed by atoms with Gasteiger partial charge in [-0.15, -0.1) is 0 Å². The third-order valence-corrected chi connectivity index (χ3v) is 7.45. The number of hydrogen-bond acceptors (Lipinski definition) is 7. The van der Waals surface area contributed by atoms with Gasteiger partial charge in [-0.05, 0) is 55.5 Å². The molecule has 1 aliphatic carbocycles. The van der Waals surface area contributed by atoms with Gasteiger partial charge in [-0.2, -0.15) is 9.78 Å². The van der Waals surface area contributed by atoms with Crippen LogP contribution in [0.15, 0.2) is 82.1 Å². The summed E-state index contributed by atoms with van der Waals surface area (Å²) in [7, 11) is 0. The number of fused-ring (bicyclic) bond motifs is 4. The zero-order valence-electron chi connectivity index (χ0n) is 21.7. The third-order valence-electron chi connectivity index (χ3n) is 7.45. The Bertz CT molecular complexity index is 1980. The second kappa shape index (κ2) is 9.30. The van der Waals surface area contributed by atoms with E-state index in [-0.39, 0.29) is 12.5 Å². The molecule has 0 atom stereocenters. The Balaban J connectivity index is 1.58. The number of hydrogen-bond donors (Lipinski definition) is 1. The Morgan fingerprint density at radius 1 is 1.07 bits per heavy atom. The van der Waals surface area contributed by atoms with Crippen LogP contribution < -0.4 is 10.5 Å². The summed E-state index contributed by atoms with van der Waals surface area (Å²) in [5, 5.41) is 16.3. The first-order valence-corrected chi connectivity index (χ1v) is 13.3. The van der Waals surface area contributed by atoms with Crippen LogP contribution in [0.2, 0.25) is 0 Å². The third kappa shape index (κ3) is 3.89. The van der Waals surface area contributed by atoms with Crippen LogP contribution in [0, 0.1) is 0 Å². The quantitative estimate of drug-likeness (QED) is 0.211. The van der Waals surface area contributed by atoms with Crippen molar-refractivity contribution in [3.63, 3.8) is 0 Å². The van der Waals surface area contributed by atoms with Gasteiger partial charge >= 0.3 is 11.6 Å². The zero-order valence-corrected chi connectivity index (χ0v) is 21.7. The molecule has 0 spiro atoms. The lowest BCUT2D eigenvalue weighted by molar-refractivity contribution is -0.135. The van der Waals surface area contributed by atoms with E-state index in [4.69, 9.17) is 14.5 Å². The summed E-state index contributed by atoms with van der Waals surface area (Å²) in [4.78, 5) is 36.4. The first kappa shape index (κ1) is 24.0. The molecule has 0 amide bonds. The second-order valence-electron chi connectivity index (χ2n) is 10.0. The van der Waals surface area contributed by atoms with Gasteiger partial charge < -0.3 is 14.4 Å². The molecule has 198 valence electrons. The van der Waals surface area contributed by atoms with E-state index in [9.17, 15) is 14.7 Å². The van der Waals surface area contributed by atoms with Crippen molar-refractivity contribution >= 4 is 44.6 Å². The highest BCUT2D eigenvalue weighted by atomic mass is 16.4. The zero-order chi connectivity index (χ0) is 27.4. The van der Waals surface area contributed by atoms with Crippen LogP contribution in [0.5, 0.6) is 0 Å². The van der Waals surface area contributed by atoms with E-state index in [1.165, 1.54) is 0 Å². The average molecular weight is 532 g/mol. The van der Waals surface area contributed by atoms with Crippen molar-refractivity contribution in [1.29, 1.82) is 0 Å². The van der Waals surface area contributed by atoms with E-state index in [2.05, 4.69) is 4.98 Å². The molecule has 0 radical (unpaired) electrons. The lowest BCUT2D eigenvalue weighted by atomic mass is 9.97. The molecular formula is C31H25N5O4. The molecule has 1 saturated carbocycles. The van der Waals surface area contributed by atoms with Crippen molar-refractivity contribution in [2.45, 2.75) is 25.7 Å². The maximum absolute atomic E-state index is 13.7. The molecule has 7 rings (SSSR count). The molecule has 1 fully saturated rings. The molecule has 0 bridgehead atoms. The van der Waals surface area contributed by atoms with Crippen LogP contribution in [0.4, 0.5) is 5.69 Å². The van der Waals surface area contributed by atoms with Crippen LogP contribution in [-0.2, 0) is 4.79 Å². The number of benzene rings is 2. The molecule has 1 N–H and O–H groups in total. The number of carboxylic acid groups (broad SMARTS) is 1. The fraction of sp³-hybridized carbons (Fsp3) is 0.194. The normalized spacial score (nSPS) is 13.3. The molecule has 9 heteroatoms. The molecule has 9 nitrogen and oxygen atoms in total. The highest BCUT2D eigenvalue weighted by molar-refractivity contribution is 6.11. The number of nitrogens with zero attached hydrogens (tertiary/aromatic N) is 5. The van der Waals surface area contributed by atoms with Gasteiger partial charge in [-0.25, -0.2) is 14.8 Å². The Morgan fingerprint density at radius 3 is 2.58 bits per heavy atom. The maximum Gasteiger partial charge on any atom is 0.346 e. The number of carboxylic acids is 1. The van der Waals surface area contributed by atoms with E-state index in [1.54, 1.807) is 21.8 Å². The molecule has 4 heterocycles. The summed E-state index contributed by atoms with van der Waals surface area (Å²) in [5.74, 6) is -0.107. The van der Waals surface area contributed by atoms with Gasteiger partial charge in [-0.3, -0.25) is 4.79 Å². The summed E-state index contributed by atoms with van der Waals surface area (Å²) >= 11 is 0. The Kier molecular flexibility index (Phi) is 5.59. The van der Waals surface area contributed by atoms with Gasteiger partial charge in [0.2, 0.25) is 0 Å². The number of anilines is 1. The van der Waals surface area contributed by atoms with Crippen LogP contribution in [0.1, 0.15) is 31.2 Å². The van der Waals surface area contributed by atoms with Gasteiger partial charge in [0.15, 0.2) is 11.5 Å². The predicted molar refractivity (Wildman–Crippen MR) is 153 cm³/mol. The first-order valence-electron chi connectivity index (χ1n) is 13.3. The van der Waals surface area contributed by atoms with Crippen LogP contribution in [-0.4, -0.2) is 43.9 Å². The standard InChI is InChI=1S/C31H25N5O4/c1-2-35(17-24(37)38)20-13-14-21-22(16-20)40-31(39)27-25(18-11-12-18)26-28(19-8-4-3-5-9-19)34-36(30(26)33-29(21)27)23-10-6-7-15-32-23/h3-10,13-16,18H,2,11-12,17H2,1H3,(H,37,38). The topological polar surface area (TPSA) is 114 Å². The smallest absolute Gasteiger partial charge is 0.346 e. The molecule has 0 aliphatic heterocycles. The maximum atomic E-state index is 13.7. The summed E-state index contributed by atoms with van der Waals surface area (Å²) < 4.78 is 7.66. The molecule has 0 unspecified atom stereocenters. The summed E-state index contributed by atoms with van der Waals surface area (Å²) in [5.41, 5.74) is 4.34. The van der Waals surface area contributed by atoms with Crippen molar-refractivity contribution < 1.29 is 14.3 Å². The SMILES string of the molecule is CCN(CC(=O)O)c1ccc2c(c1)oc(=O)c1c(C3CC3)c3c(-c4ccccc4)nn(-c4ccccn4)c3nc12. The van der Waals surface area contributed by atoms with Gasteiger partial charge in [0, 0.05) is 35.4 Å². The van der Waals surface area contributed by atoms with E-state index in [0.717, 1.165) is 35.0 Å². The average Bonchev–Trinajstić information content (AvgIpc) is 3.75. The minimum absolute atomic E-state index is 0.157. The number of likely N-dealkylation sites (N-methyl/N-ethyl adjacent to an activating group) is 1. The lowest BCUT2D eigenvalue weighted by Crippen LogP contribution is -2.29. The van der Waals surface area contributed by atoms with Gasteiger partial charge in [-0.1, -0.05) is 36.4 Å². The number of aromatic nitrogens is 4. The minimum atomic E-state index is -0.933. The number of pyridine rings is 2. The monoisotopic (exact) mass is 531 g/mol. The van der Waals surface area contributed by atoms with E-state index in [0.29, 0.717) is 45.6 Å². The first-order chi connectivity index (χ1) is 19.5. The van der Waals surface area contributed by atoms with Crippen molar-refractivity contribution in [3.05, 3.63) is 88.9 Å². The van der Waals surface area contributed by atoms with Gasteiger partial charge in [0.25, 0.3) is 0 Å². The number of rotatable bonds is 7. The number of aliphatic carboxylic acids is 1. The van der Waals surface area contributed by atoms with Crippen LogP contribution >= 0.6 is 0 Å². The van der Waals surface area contributed by atoms with Crippen molar-refractivity contribution in [2.75, 3.05) is 18.0 Å². The summed E-state index contributed by atoms with van der Waals surface area (Å²) in [6.07, 6.45) is 3.65. The van der Waals surface area contributed by atoms with E-state index in [1.807, 2.05) is 67.6 Å². The predicted octanol–water partition coefficient (Wildman–Crippen LogP) is 5.53. The van der Waals surface area contributed by atoms with Gasteiger partial charge in [0.1, 0.15) is 17.8 Å². The fourth-order valence-corrected chi connectivity index (χ4v) is 5.48. The van der Waals surface area contributed by atoms with Crippen molar-refractivity contribution in [2.24, 2.45) is 0 Å². The molecule has 0 saturated heterocycles. The summed E-state index contributed by atoms with van der Waals surface area (Å²) in [6.45, 7) is 2.22. The molecule has 2 aromatic carbocycles. The molecule has 1 aliphatic rings. The molecular weight excluding hydrogens is 506 g/mol. The largest absolute Gasteiger partial charge is 0.480 e. The second-order valence-corrected chi connectivity index (χ2v) is 10.0. The van der Waals surface area contributed by atoms with Crippen molar-refractivity contribution in [3.8, 4) is 17.1 Å². The molecule has 6 aromatic rings. The summed E-state index contributed by atoms with van der Waals surface area (Å²) in [6, 6.07) is 21.0. The van der Waals surface area contributed by atoms with E-state index < -0.39 is 11.6 Å². The molecule has 40 heavy (non-hydrogen) atoms. The minimum Gasteiger partial charge on any atom is -0.480 e. The van der Waals surface area contributed by atoms with Crippen LogP contribution in [0.3, 0.4) is 0 Å². The highest BCUT2D eigenvalue weighted by Crippen LogP contribution is 2.48. The van der Waals surface area contributed by atoms with Crippen molar-refractivity contribution in [1.82, 2.24) is 19.7 Å².